The first-order chi connectivity index (χ1) is 13.2. The fourth-order valence-corrected chi connectivity index (χ4v) is 3.25. The van der Waals surface area contributed by atoms with Gasteiger partial charge in [-0.15, -0.1) is 0 Å². The largest absolute Gasteiger partial charge is 0.491 e. The summed E-state index contributed by atoms with van der Waals surface area (Å²) in [5.41, 5.74) is 1.35. The lowest BCUT2D eigenvalue weighted by atomic mass is 10.1. The van der Waals surface area contributed by atoms with Crippen LogP contribution in [0.15, 0.2) is 36.4 Å². The van der Waals surface area contributed by atoms with Gasteiger partial charge in [-0.2, -0.15) is 0 Å². The number of benzene rings is 1. The predicted molar refractivity (Wildman–Crippen MR) is 116 cm³/mol. The molecule has 1 aliphatic rings. The second-order valence-electron chi connectivity index (χ2n) is 8.30. The van der Waals surface area contributed by atoms with Gasteiger partial charge in [-0.25, -0.2) is 0 Å². The van der Waals surface area contributed by atoms with Crippen molar-refractivity contribution in [2.75, 3.05) is 13.2 Å². The molecule has 0 radical (unpaired) electrons. The number of hydrogen-bond acceptors (Lipinski definition) is 2. The molecule has 2 rings (SSSR count). The van der Waals surface area contributed by atoms with E-state index >= 15 is 0 Å². The minimum Gasteiger partial charge on any atom is -0.491 e. The molecule has 0 spiro atoms. The van der Waals surface area contributed by atoms with Gasteiger partial charge in [-0.3, -0.25) is 0 Å². The maximum atomic E-state index is 5.77. The van der Waals surface area contributed by atoms with Gasteiger partial charge in [0.1, 0.15) is 18.0 Å². The van der Waals surface area contributed by atoms with Gasteiger partial charge in [-0.05, 0) is 56.7 Å². The zero-order valence-electron chi connectivity index (χ0n) is 17.7. The Labute approximate surface area is 167 Å². The molecule has 2 heteroatoms. The third-order valence-electron chi connectivity index (χ3n) is 5.33. The number of aryl methyl sites for hydroxylation is 1. The SMILES string of the molecule is CCCCCCCCCC/C=C/CCCc1ccc(OCC2(C)CO2)cc1. The summed E-state index contributed by atoms with van der Waals surface area (Å²) in [5, 5.41) is 0. The van der Waals surface area contributed by atoms with Gasteiger partial charge >= 0.3 is 0 Å². The standard InChI is InChI=1S/C25H40O2/c1-3-4-5-6-7-8-9-10-11-12-13-14-15-16-23-17-19-24(20-18-23)26-21-25(2)22-27-25/h12-13,17-20H,3-11,14-16,21-22H2,1-2H3/b13-12+. The summed E-state index contributed by atoms with van der Waals surface area (Å²) in [6, 6.07) is 8.55. The Morgan fingerprint density at radius 3 is 2.11 bits per heavy atom. The van der Waals surface area contributed by atoms with Gasteiger partial charge in [0, 0.05) is 0 Å². The Kier molecular flexibility index (Phi) is 10.6. The molecule has 1 heterocycles. The van der Waals surface area contributed by atoms with Gasteiger partial charge in [0.25, 0.3) is 0 Å². The quantitative estimate of drug-likeness (QED) is 0.173. The molecule has 1 aromatic rings. The Hall–Kier alpha value is -1.28. The monoisotopic (exact) mass is 372 g/mol. The number of epoxide rings is 1. The Balaban J connectivity index is 1.42. The summed E-state index contributed by atoms with van der Waals surface area (Å²) in [6.07, 6.45) is 20.8. The van der Waals surface area contributed by atoms with Crippen LogP contribution in [0.2, 0.25) is 0 Å². The van der Waals surface area contributed by atoms with Crippen molar-refractivity contribution in [3.05, 3.63) is 42.0 Å². The highest BCUT2D eigenvalue weighted by molar-refractivity contribution is 5.27. The Morgan fingerprint density at radius 2 is 1.48 bits per heavy atom. The first kappa shape index (κ1) is 22.0. The molecule has 0 amide bonds. The molecule has 0 saturated carbocycles. The van der Waals surface area contributed by atoms with Crippen molar-refractivity contribution in [2.45, 2.75) is 96.5 Å². The predicted octanol–water partition coefficient (Wildman–Crippen LogP) is 7.26. The molecule has 0 aliphatic carbocycles. The minimum atomic E-state index is -0.0420. The summed E-state index contributed by atoms with van der Waals surface area (Å²) in [6.45, 7) is 5.83. The van der Waals surface area contributed by atoms with E-state index in [9.17, 15) is 0 Å². The molecule has 1 saturated heterocycles. The highest BCUT2D eigenvalue weighted by Gasteiger charge is 2.40. The Bertz CT molecular complexity index is 514. The van der Waals surface area contributed by atoms with Crippen LogP contribution in [0.4, 0.5) is 0 Å². The van der Waals surface area contributed by atoms with E-state index in [1.165, 1.54) is 76.2 Å². The molecule has 1 fully saturated rings. The van der Waals surface area contributed by atoms with E-state index in [-0.39, 0.29) is 5.60 Å². The van der Waals surface area contributed by atoms with E-state index < -0.39 is 0 Å². The average molecular weight is 373 g/mol. The van der Waals surface area contributed by atoms with Crippen molar-refractivity contribution in [3.8, 4) is 5.75 Å². The number of unbranched alkanes of at least 4 members (excludes halogenated alkanes) is 9. The molecule has 0 aromatic heterocycles. The van der Waals surface area contributed by atoms with Gasteiger partial charge in [0.05, 0.1) is 6.61 Å². The average Bonchev–Trinajstić information content (AvgIpc) is 3.42. The molecular weight excluding hydrogens is 332 g/mol. The molecule has 1 aliphatic heterocycles. The molecular formula is C25H40O2. The van der Waals surface area contributed by atoms with Crippen LogP contribution in [0.25, 0.3) is 0 Å². The van der Waals surface area contributed by atoms with Crippen molar-refractivity contribution in [1.82, 2.24) is 0 Å². The van der Waals surface area contributed by atoms with E-state index in [1.807, 2.05) is 0 Å². The fraction of sp³-hybridized carbons (Fsp3) is 0.680. The van der Waals surface area contributed by atoms with Crippen LogP contribution >= 0.6 is 0 Å². The third-order valence-corrected chi connectivity index (χ3v) is 5.33. The Morgan fingerprint density at radius 1 is 0.889 bits per heavy atom. The molecule has 0 bridgehead atoms. The van der Waals surface area contributed by atoms with Crippen LogP contribution in [0.5, 0.6) is 5.75 Å². The van der Waals surface area contributed by atoms with Crippen molar-refractivity contribution >= 4 is 0 Å². The molecule has 1 aromatic carbocycles. The highest BCUT2D eigenvalue weighted by Crippen LogP contribution is 2.27. The number of hydrogen-bond donors (Lipinski definition) is 0. The first-order valence-electron chi connectivity index (χ1n) is 11.2. The summed E-state index contributed by atoms with van der Waals surface area (Å²) in [7, 11) is 0. The summed E-state index contributed by atoms with van der Waals surface area (Å²) in [4.78, 5) is 0. The summed E-state index contributed by atoms with van der Waals surface area (Å²) >= 11 is 0. The number of allylic oxidation sites excluding steroid dienone is 2. The van der Waals surface area contributed by atoms with E-state index in [0.29, 0.717) is 6.61 Å². The van der Waals surface area contributed by atoms with Crippen LogP contribution in [-0.4, -0.2) is 18.8 Å². The topological polar surface area (TPSA) is 21.8 Å². The van der Waals surface area contributed by atoms with E-state index in [0.717, 1.165) is 18.8 Å². The van der Waals surface area contributed by atoms with Gasteiger partial charge < -0.3 is 9.47 Å². The zero-order valence-corrected chi connectivity index (χ0v) is 17.7. The van der Waals surface area contributed by atoms with Gasteiger partial charge in [0.2, 0.25) is 0 Å². The van der Waals surface area contributed by atoms with Crippen molar-refractivity contribution < 1.29 is 9.47 Å². The summed E-state index contributed by atoms with van der Waals surface area (Å²) < 4.78 is 11.1. The van der Waals surface area contributed by atoms with E-state index in [2.05, 4.69) is 50.3 Å². The van der Waals surface area contributed by atoms with Crippen LogP contribution in [-0.2, 0) is 11.2 Å². The van der Waals surface area contributed by atoms with Crippen molar-refractivity contribution in [1.29, 1.82) is 0 Å². The van der Waals surface area contributed by atoms with Crippen LogP contribution in [0.1, 0.15) is 90.0 Å². The fourth-order valence-electron chi connectivity index (χ4n) is 3.25. The van der Waals surface area contributed by atoms with Crippen LogP contribution < -0.4 is 4.74 Å². The lowest BCUT2D eigenvalue weighted by Gasteiger charge is -2.09. The van der Waals surface area contributed by atoms with Crippen LogP contribution in [0.3, 0.4) is 0 Å². The van der Waals surface area contributed by atoms with Crippen molar-refractivity contribution in [2.24, 2.45) is 0 Å². The second-order valence-corrected chi connectivity index (χ2v) is 8.30. The lowest BCUT2D eigenvalue weighted by Crippen LogP contribution is -2.16. The van der Waals surface area contributed by atoms with Gasteiger partial charge in [-0.1, -0.05) is 76.2 Å². The number of rotatable bonds is 16. The minimum absolute atomic E-state index is 0.0420. The lowest BCUT2D eigenvalue weighted by molar-refractivity contribution is 0.202. The smallest absolute Gasteiger partial charge is 0.123 e. The molecule has 0 N–H and O–H groups in total. The maximum Gasteiger partial charge on any atom is 0.123 e. The van der Waals surface area contributed by atoms with E-state index in [1.54, 1.807) is 0 Å². The van der Waals surface area contributed by atoms with Crippen LogP contribution in [0, 0.1) is 0 Å². The first-order valence-corrected chi connectivity index (χ1v) is 11.2. The van der Waals surface area contributed by atoms with E-state index in [4.69, 9.17) is 9.47 Å². The third kappa shape index (κ3) is 10.6. The zero-order chi connectivity index (χ0) is 19.2. The highest BCUT2D eigenvalue weighted by atomic mass is 16.6. The van der Waals surface area contributed by atoms with Gasteiger partial charge in [0.15, 0.2) is 0 Å². The normalized spacial score (nSPS) is 18.9. The second kappa shape index (κ2) is 13.0. The van der Waals surface area contributed by atoms with Crippen molar-refractivity contribution in [3.63, 3.8) is 0 Å². The molecule has 2 nitrogen and oxygen atoms in total. The summed E-state index contributed by atoms with van der Waals surface area (Å²) in [5.74, 6) is 0.945. The molecule has 1 unspecified atom stereocenters. The number of ether oxygens (including phenoxy) is 2. The molecule has 152 valence electrons. The molecule has 1 atom stereocenters. The molecule has 27 heavy (non-hydrogen) atoms. The maximum absolute atomic E-state index is 5.77.